The van der Waals surface area contributed by atoms with Gasteiger partial charge in [0.25, 0.3) is 0 Å². The van der Waals surface area contributed by atoms with Crippen molar-refractivity contribution in [2.24, 2.45) is 0 Å². The summed E-state index contributed by atoms with van der Waals surface area (Å²) in [5.74, 6) is -0.282. The summed E-state index contributed by atoms with van der Waals surface area (Å²) in [6.45, 7) is 3.46. The van der Waals surface area contributed by atoms with Crippen LogP contribution in [0.2, 0.25) is 0 Å². The molecule has 1 aromatic carbocycles. The Balaban J connectivity index is 1.69. The third-order valence-electron chi connectivity index (χ3n) is 4.12. The van der Waals surface area contributed by atoms with Crippen LogP contribution in [0.4, 0.5) is 0 Å². The van der Waals surface area contributed by atoms with Crippen LogP contribution in [0.3, 0.4) is 0 Å². The number of oxazole rings is 1. The van der Waals surface area contributed by atoms with Gasteiger partial charge in [0.2, 0.25) is 11.8 Å². The Kier molecular flexibility index (Phi) is 4.44. The molecule has 0 radical (unpaired) electrons. The minimum Gasteiger partial charge on any atom is -0.461 e. The topological polar surface area (TPSA) is 100 Å². The van der Waals surface area contributed by atoms with Gasteiger partial charge in [-0.25, -0.2) is 19.4 Å². The Morgan fingerprint density at radius 2 is 2.00 bits per heavy atom. The number of rotatable bonds is 4. The lowest BCUT2D eigenvalue weighted by Crippen LogP contribution is -2.06. The number of fused-ring (bicyclic) bond motifs is 1. The largest absolute Gasteiger partial charge is 0.461 e. The van der Waals surface area contributed by atoms with Crippen molar-refractivity contribution in [3.05, 3.63) is 54.6 Å². The lowest BCUT2D eigenvalue weighted by atomic mass is 10.1. The molecule has 8 heteroatoms. The van der Waals surface area contributed by atoms with Gasteiger partial charge in [-0.15, -0.1) is 0 Å². The fourth-order valence-corrected chi connectivity index (χ4v) is 2.75. The first kappa shape index (κ1) is 17.6. The van der Waals surface area contributed by atoms with Gasteiger partial charge in [-0.3, -0.25) is 4.79 Å². The molecule has 140 valence electrons. The van der Waals surface area contributed by atoms with Crippen LogP contribution in [0.15, 0.2) is 53.3 Å². The molecule has 0 N–H and O–H groups in total. The Morgan fingerprint density at radius 1 is 1.14 bits per heavy atom. The Hall–Kier alpha value is -3.81. The van der Waals surface area contributed by atoms with Gasteiger partial charge in [0, 0.05) is 30.4 Å². The third kappa shape index (κ3) is 3.27. The number of hydrogen-bond acceptors (Lipinski definition) is 7. The van der Waals surface area contributed by atoms with E-state index in [1.807, 2.05) is 12.1 Å². The van der Waals surface area contributed by atoms with E-state index in [-0.39, 0.29) is 18.2 Å². The molecule has 0 spiro atoms. The number of carbonyl (C=O) groups excluding carboxylic acids is 2. The van der Waals surface area contributed by atoms with E-state index in [4.69, 9.17) is 9.15 Å². The molecule has 8 nitrogen and oxygen atoms in total. The van der Waals surface area contributed by atoms with Crippen molar-refractivity contribution in [3.63, 3.8) is 0 Å². The highest BCUT2D eigenvalue weighted by atomic mass is 16.5. The summed E-state index contributed by atoms with van der Waals surface area (Å²) < 4.78 is 12.1. The molecule has 0 saturated heterocycles. The number of esters is 1. The molecule has 0 aliphatic rings. The highest BCUT2D eigenvalue weighted by Crippen LogP contribution is 2.28. The second kappa shape index (κ2) is 7.07. The molecule has 4 aromatic rings. The van der Waals surface area contributed by atoms with Crippen LogP contribution in [-0.2, 0) is 4.74 Å². The summed E-state index contributed by atoms with van der Waals surface area (Å²) in [4.78, 5) is 31.8. The van der Waals surface area contributed by atoms with Crippen molar-refractivity contribution in [2.75, 3.05) is 6.61 Å². The van der Waals surface area contributed by atoms with Gasteiger partial charge < -0.3 is 9.15 Å². The van der Waals surface area contributed by atoms with Crippen LogP contribution in [0, 0.1) is 0 Å². The van der Waals surface area contributed by atoms with Gasteiger partial charge in [0.1, 0.15) is 11.2 Å². The van der Waals surface area contributed by atoms with Gasteiger partial charge in [0.15, 0.2) is 5.58 Å². The lowest BCUT2D eigenvalue weighted by molar-refractivity contribution is 0.0519. The molecule has 0 aliphatic heterocycles. The molecule has 0 bridgehead atoms. The standard InChI is InChI=1S/C20H16N4O4/c1-3-27-20(26)17-9-14(6-7-21-17)19-23-16-8-13(4-5-18(16)28-19)15-10-22-24(11-15)12(2)25/h4-11H,3H2,1-2H3. The molecule has 0 fully saturated rings. The molecular weight excluding hydrogens is 360 g/mol. The van der Waals surface area contributed by atoms with Crippen LogP contribution in [0.1, 0.15) is 29.1 Å². The molecule has 0 unspecified atom stereocenters. The first-order valence-electron chi connectivity index (χ1n) is 8.65. The van der Waals surface area contributed by atoms with Crippen molar-refractivity contribution in [1.82, 2.24) is 19.7 Å². The summed E-state index contributed by atoms with van der Waals surface area (Å²) in [5, 5.41) is 4.04. The SMILES string of the molecule is CCOC(=O)c1cc(-c2nc3cc(-c4cnn(C(C)=O)c4)ccc3o2)ccn1. The number of ether oxygens (including phenoxy) is 1. The van der Waals surface area contributed by atoms with Gasteiger partial charge >= 0.3 is 5.97 Å². The van der Waals surface area contributed by atoms with E-state index in [1.54, 1.807) is 37.5 Å². The van der Waals surface area contributed by atoms with E-state index >= 15 is 0 Å². The van der Waals surface area contributed by atoms with Crippen molar-refractivity contribution < 1.29 is 18.7 Å². The van der Waals surface area contributed by atoms with Gasteiger partial charge in [0.05, 0.1) is 12.8 Å². The smallest absolute Gasteiger partial charge is 0.356 e. The maximum Gasteiger partial charge on any atom is 0.356 e. The average molecular weight is 376 g/mol. The first-order valence-corrected chi connectivity index (χ1v) is 8.65. The maximum atomic E-state index is 11.9. The van der Waals surface area contributed by atoms with Crippen LogP contribution in [-0.4, -0.2) is 38.2 Å². The monoisotopic (exact) mass is 376 g/mol. The highest BCUT2D eigenvalue weighted by Gasteiger charge is 2.14. The summed E-state index contributed by atoms with van der Waals surface area (Å²) >= 11 is 0. The molecule has 28 heavy (non-hydrogen) atoms. The molecule has 0 saturated carbocycles. The van der Waals surface area contributed by atoms with E-state index in [1.165, 1.54) is 17.8 Å². The molecule has 4 rings (SSSR count). The molecule has 0 atom stereocenters. The maximum absolute atomic E-state index is 11.9. The zero-order valence-corrected chi connectivity index (χ0v) is 15.2. The molecule has 0 aliphatic carbocycles. The van der Waals surface area contributed by atoms with Gasteiger partial charge in [-0.2, -0.15) is 5.10 Å². The van der Waals surface area contributed by atoms with Crippen LogP contribution < -0.4 is 0 Å². The summed E-state index contributed by atoms with van der Waals surface area (Å²) in [6.07, 6.45) is 4.80. The van der Waals surface area contributed by atoms with Gasteiger partial charge in [-0.1, -0.05) is 6.07 Å². The second-order valence-electron chi connectivity index (χ2n) is 6.04. The van der Waals surface area contributed by atoms with Crippen molar-refractivity contribution >= 4 is 23.0 Å². The zero-order valence-electron chi connectivity index (χ0n) is 15.2. The summed E-state index contributed by atoms with van der Waals surface area (Å²) in [5.41, 5.74) is 3.74. The van der Waals surface area contributed by atoms with E-state index in [9.17, 15) is 9.59 Å². The quantitative estimate of drug-likeness (QED) is 0.502. The average Bonchev–Trinajstić information content (AvgIpc) is 3.35. The van der Waals surface area contributed by atoms with E-state index < -0.39 is 5.97 Å². The van der Waals surface area contributed by atoms with Crippen molar-refractivity contribution in [1.29, 1.82) is 0 Å². The van der Waals surface area contributed by atoms with E-state index in [0.717, 1.165) is 11.1 Å². The Bertz CT molecular complexity index is 1190. The number of hydrogen-bond donors (Lipinski definition) is 0. The van der Waals surface area contributed by atoms with Crippen molar-refractivity contribution in [2.45, 2.75) is 13.8 Å². The number of aromatic nitrogens is 4. The van der Waals surface area contributed by atoms with Crippen LogP contribution >= 0.6 is 0 Å². The molecular formula is C20H16N4O4. The fraction of sp³-hybridized carbons (Fsp3) is 0.150. The van der Waals surface area contributed by atoms with Crippen LogP contribution in [0.5, 0.6) is 0 Å². The van der Waals surface area contributed by atoms with Gasteiger partial charge in [-0.05, 0) is 36.8 Å². The minimum absolute atomic E-state index is 0.161. The normalized spacial score (nSPS) is 10.9. The second-order valence-corrected chi connectivity index (χ2v) is 6.04. The number of carbonyl (C=O) groups is 2. The third-order valence-corrected chi connectivity index (χ3v) is 4.12. The van der Waals surface area contributed by atoms with E-state index in [2.05, 4.69) is 15.1 Å². The van der Waals surface area contributed by atoms with Crippen molar-refractivity contribution in [3.8, 4) is 22.6 Å². The van der Waals surface area contributed by atoms with E-state index in [0.29, 0.717) is 22.6 Å². The fourth-order valence-electron chi connectivity index (χ4n) is 2.75. The predicted molar refractivity (Wildman–Crippen MR) is 101 cm³/mol. The lowest BCUT2D eigenvalue weighted by Gasteiger charge is -2.01. The minimum atomic E-state index is -0.495. The highest BCUT2D eigenvalue weighted by molar-refractivity contribution is 5.89. The number of nitrogens with zero attached hydrogens (tertiary/aromatic N) is 4. The summed E-state index contributed by atoms with van der Waals surface area (Å²) in [6, 6.07) is 8.83. The molecule has 3 aromatic heterocycles. The Labute approximate surface area is 159 Å². The zero-order chi connectivity index (χ0) is 19.7. The molecule has 0 amide bonds. The molecule has 3 heterocycles. The van der Waals surface area contributed by atoms with Crippen LogP contribution in [0.25, 0.3) is 33.7 Å². The summed E-state index contributed by atoms with van der Waals surface area (Å²) in [7, 11) is 0. The first-order chi connectivity index (χ1) is 13.5. The number of pyridine rings is 1. The predicted octanol–water partition coefficient (Wildman–Crippen LogP) is 3.59. The number of benzene rings is 1. The Morgan fingerprint density at radius 3 is 2.75 bits per heavy atom.